The molecule has 3 heteroatoms. The lowest BCUT2D eigenvalue weighted by atomic mass is 9.86. The van der Waals surface area contributed by atoms with Gasteiger partial charge in [-0.25, -0.2) is 0 Å². The summed E-state index contributed by atoms with van der Waals surface area (Å²) < 4.78 is 11.5. The summed E-state index contributed by atoms with van der Waals surface area (Å²) in [5.74, 6) is 2.37. The lowest BCUT2D eigenvalue weighted by molar-refractivity contribution is 0.125. The predicted octanol–water partition coefficient (Wildman–Crippen LogP) is 4.10. The molecule has 1 aromatic carbocycles. The molecule has 0 bridgehead atoms. The Bertz CT molecular complexity index is 420. The Morgan fingerprint density at radius 3 is 2.45 bits per heavy atom. The summed E-state index contributed by atoms with van der Waals surface area (Å²) in [5.41, 5.74) is 0.851. The molecule has 0 unspecified atom stereocenters. The van der Waals surface area contributed by atoms with Gasteiger partial charge >= 0.3 is 0 Å². The number of benzene rings is 1. The lowest BCUT2D eigenvalue weighted by Gasteiger charge is -2.28. The molecule has 1 saturated carbocycles. The van der Waals surface area contributed by atoms with Crippen LogP contribution in [0.15, 0.2) is 18.2 Å². The van der Waals surface area contributed by atoms with Gasteiger partial charge < -0.3 is 14.6 Å². The Morgan fingerprint density at radius 2 is 1.90 bits per heavy atom. The fraction of sp³-hybridized carbons (Fsp3) is 0.647. The fourth-order valence-corrected chi connectivity index (χ4v) is 2.88. The van der Waals surface area contributed by atoms with Crippen molar-refractivity contribution in [3.8, 4) is 11.5 Å². The van der Waals surface area contributed by atoms with Crippen molar-refractivity contribution < 1.29 is 14.6 Å². The maximum Gasteiger partial charge on any atom is 0.161 e. The molecule has 1 aliphatic rings. The highest BCUT2D eigenvalue weighted by Gasteiger charge is 2.22. The standard InChI is InChI=1S/C17H26O3/c1-4-13-5-8-15(9-6-13)20-16-10-7-14(12(2)18)11-17(16)19-3/h7,10-13,15,18H,4-6,8-9H2,1-3H3/t12-,13?,15?/m1/s1. The number of methoxy groups -OCH3 is 1. The van der Waals surface area contributed by atoms with E-state index in [1.807, 2.05) is 18.2 Å². The van der Waals surface area contributed by atoms with Crippen LogP contribution in [0.2, 0.25) is 0 Å². The second-order valence-electron chi connectivity index (χ2n) is 5.76. The van der Waals surface area contributed by atoms with E-state index in [0.29, 0.717) is 11.9 Å². The van der Waals surface area contributed by atoms with Gasteiger partial charge in [-0.05, 0) is 56.2 Å². The van der Waals surface area contributed by atoms with Gasteiger partial charge in [-0.2, -0.15) is 0 Å². The Balaban J connectivity index is 2.02. The van der Waals surface area contributed by atoms with Gasteiger partial charge in [0.15, 0.2) is 11.5 Å². The summed E-state index contributed by atoms with van der Waals surface area (Å²) in [6.45, 7) is 4.02. The van der Waals surface area contributed by atoms with Crippen molar-refractivity contribution in [3.63, 3.8) is 0 Å². The number of rotatable bonds is 5. The van der Waals surface area contributed by atoms with E-state index in [0.717, 1.165) is 30.1 Å². The van der Waals surface area contributed by atoms with Gasteiger partial charge in [0.1, 0.15) is 0 Å². The second kappa shape index (κ2) is 6.98. The lowest BCUT2D eigenvalue weighted by Crippen LogP contribution is -2.24. The van der Waals surface area contributed by atoms with Crippen LogP contribution in [0.4, 0.5) is 0 Å². The molecule has 1 aromatic rings. The smallest absolute Gasteiger partial charge is 0.161 e. The minimum absolute atomic E-state index is 0.295. The van der Waals surface area contributed by atoms with Gasteiger partial charge in [-0.3, -0.25) is 0 Å². The highest BCUT2D eigenvalue weighted by Crippen LogP contribution is 2.34. The SMILES string of the molecule is CCC1CCC(Oc2ccc([C@@H](C)O)cc2OC)CC1. The van der Waals surface area contributed by atoms with Crippen LogP contribution in [0.25, 0.3) is 0 Å². The maximum absolute atomic E-state index is 9.62. The van der Waals surface area contributed by atoms with Gasteiger partial charge in [-0.1, -0.05) is 19.4 Å². The minimum atomic E-state index is -0.488. The zero-order valence-electron chi connectivity index (χ0n) is 12.8. The highest BCUT2D eigenvalue weighted by atomic mass is 16.5. The molecular weight excluding hydrogens is 252 g/mol. The molecule has 0 saturated heterocycles. The third-order valence-corrected chi connectivity index (χ3v) is 4.33. The van der Waals surface area contributed by atoms with Crippen molar-refractivity contribution in [1.29, 1.82) is 0 Å². The van der Waals surface area contributed by atoms with E-state index < -0.39 is 6.10 Å². The molecular formula is C17H26O3. The van der Waals surface area contributed by atoms with Crippen LogP contribution in [0.3, 0.4) is 0 Å². The van der Waals surface area contributed by atoms with Crippen molar-refractivity contribution >= 4 is 0 Å². The van der Waals surface area contributed by atoms with E-state index in [4.69, 9.17) is 9.47 Å². The Kier molecular flexibility index (Phi) is 5.30. The van der Waals surface area contributed by atoms with E-state index in [9.17, 15) is 5.11 Å². The molecule has 0 amide bonds. The van der Waals surface area contributed by atoms with Crippen LogP contribution in [-0.4, -0.2) is 18.3 Å². The molecule has 3 nitrogen and oxygen atoms in total. The van der Waals surface area contributed by atoms with Crippen molar-refractivity contribution in [1.82, 2.24) is 0 Å². The molecule has 112 valence electrons. The normalized spacial score (nSPS) is 24.2. The van der Waals surface area contributed by atoms with E-state index in [2.05, 4.69) is 6.92 Å². The predicted molar refractivity (Wildman–Crippen MR) is 80.3 cm³/mol. The van der Waals surface area contributed by atoms with Gasteiger partial charge in [0.05, 0.1) is 19.3 Å². The average molecular weight is 278 g/mol. The Morgan fingerprint density at radius 1 is 1.20 bits per heavy atom. The molecule has 0 heterocycles. The van der Waals surface area contributed by atoms with Crippen molar-refractivity contribution in [3.05, 3.63) is 23.8 Å². The largest absolute Gasteiger partial charge is 0.493 e. The van der Waals surface area contributed by atoms with Gasteiger partial charge in [0.2, 0.25) is 0 Å². The Hall–Kier alpha value is -1.22. The van der Waals surface area contributed by atoms with E-state index in [-0.39, 0.29) is 0 Å². The van der Waals surface area contributed by atoms with Crippen molar-refractivity contribution in [2.45, 2.75) is 58.2 Å². The highest BCUT2D eigenvalue weighted by molar-refractivity contribution is 5.43. The van der Waals surface area contributed by atoms with E-state index in [1.54, 1.807) is 14.0 Å². The maximum atomic E-state index is 9.62. The molecule has 2 rings (SSSR count). The zero-order chi connectivity index (χ0) is 14.5. The molecule has 0 radical (unpaired) electrons. The third-order valence-electron chi connectivity index (χ3n) is 4.33. The third kappa shape index (κ3) is 3.66. The van der Waals surface area contributed by atoms with Crippen LogP contribution in [0.5, 0.6) is 11.5 Å². The van der Waals surface area contributed by atoms with Crippen LogP contribution in [0.1, 0.15) is 57.6 Å². The summed E-state index contributed by atoms with van der Waals surface area (Å²) in [6.07, 6.45) is 5.85. The molecule has 1 fully saturated rings. The van der Waals surface area contributed by atoms with Gasteiger partial charge in [0, 0.05) is 0 Å². The molecule has 0 aromatic heterocycles. The first kappa shape index (κ1) is 15.2. The summed E-state index contributed by atoms with van der Waals surface area (Å²) in [5, 5.41) is 9.62. The van der Waals surface area contributed by atoms with Gasteiger partial charge in [-0.15, -0.1) is 0 Å². The summed E-state index contributed by atoms with van der Waals surface area (Å²) in [6, 6.07) is 5.67. The van der Waals surface area contributed by atoms with Crippen LogP contribution >= 0.6 is 0 Å². The number of aliphatic hydroxyl groups is 1. The quantitative estimate of drug-likeness (QED) is 0.881. The Labute approximate surface area is 121 Å². The summed E-state index contributed by atoms with van der Waals surface area (Å²) in [7, 11) is 1.64. The summed E-state index contributed by atoms with van der Waals surface area (Å²) >= 11 is 0. The first-order chi connectivity index (χ1) is 9.63. The fourth-order valence-electron chi connectivity index (χ4n) is 2.88. The molecule has 1 aliphatic carbocycles. The summed E-state index contributed by atoms with van der Waals surface area (Å²) in [4.78, 5) is 0. The van der Waals surface area contributed by atoms with E-state index in [1.165, 1.54) is 19.3 Å². The molecule has 0 spiro atoms. The van der Waals surface area contributed by atoms with Crippen molar-refractivity contribution in [2.24, 2.45) is 5.92 Å². The molecule has 20 heavy (non-hydrogen) atoms. The first-order valence-electron chi connectivity index (χ1n) is 7.66. The number of ether oxygens (including phenoxy) is 2. The second-order valence-corrected chi connectivity index (χ2v) is 5.76. The van der Waals surface area contributed by atoms with Crippen LogP contribution in [-0.2, 0) is 0 Å². The number of aliphatic hydroxyl groups excluding tert-OH is 1. The minimum Gasteiger partial charge on any atom is -0.493 e. The molecule has 1 N–H and O–H groups in total. The van der Waals surface area contributed by atoms with Crippen LogP contribution in [0, 0.1) is 5.92 Å². The zero-order valence-corrected chi connectivity index (χ0v) is 12.8. The molecule has 1 atom stereocenters. The first-order valence-corrected chi connectivity index (χ1v) is 7.66. The monoisotopic (exact) mass is 278 g/mol. The topological polar surface area (TPSA) is 38.7 Å². The average Bonchev–Trinajstić information content (AvgIpc) is 2.48. The van der Waals surface area contributed by atoms with Crippen LogP contribution < -0.4 is 9.47 Å². The number of hydrogen-bond donors (Lipinski definition) is 1. The van der Waals surface area contributed by atoms with E-state index >= 15 is 0 Å². The number of hydrogen-bond acceptors (Lipinski definition) is 3. The van der Waals surface area contributed by atoms with Gasteiger partial charge in [0.25, 0.3) is 0 Å². The molecule has 0 aliphatic heterocycles. The van der Waals surface area contributed by atoms with Crippen molar-refractivity contribution in [2.75, 3.05) is 7.11 Å².